The zero-order valence-electron chi connectivity index (χ0n) is 75.4. The van der Waals surface area contributed by atoms with Gasteiger partial charge in [0.05, 0.1) is 63.6 Å². The van der Waals surface area contributed by atoms with Gasteiger partial charge in [0.25, 0.3) is 0 Å². The molecule has 20 aromatic carbocycles. The molecule has 0 fully saturated rings. The zero-order chi connectivity index (χ0) is 92.8. The molecule has 0 aliphatic rings. The number of fused-ring (bicyclic) bond motifs is 16. The highest BCUT2D eigenvalue weighted by atomic mass is 32.1. The van der Waals surface area contributed by atoms with Crippen molar-refractivity contribution in [1.29, 1.82) is 0 Å². The van der Waals surface area contributed by atoms with Crippen LogP contribution in [0.1, 0.15) is 0 Å². The standard InChI is InChI=1S/C38H24N2S.2C32H20N2S.C26H16N2S/c1-2-11-26(12-3-1)35-37-36(33-18-6-7-19-34(33)41-37)40-38(39-35)32-17-9-16-30(24-32)28-14-8-15-29(23-28)31-21-20-25-10-4-5-13-27(25)22-31;1-2-11-22(12-3-1)29-31-30(27-17-6-7-19-28(27)35-31)34-32(33-29)24-15-8-14-23(20-24)26-18-9-13-21-10-4-5-16-25(21)26;1-2-10-22(11-3-1)29-31-30(27-15-6-7-16-28(27)35-31)34-32(33-29)26-14-8-13-24(20-26)25-18-17-21-9-4-5-12-23(21)19-25;1-2-9-18(10-3-1)23-25-24(21-12-6-7-13-22(21)29-25)28-26(27-23)20-15-14-17-8-4-5-11-19(17)16-20/h1-24H;2*1-20H;1-16H. The Hall–Kier alpha value is -17.4. The molecule has 8 aromatic heterocycles. The summed E-state index contributed by atoms with van der Waals surface area (Å²) < 4.78 is 9.46. The van der Waals surface area contributed by atoms with E-state index in [1.165, 1.54) is 117 Å². The molecule has 8 nitrogen and oxygen atoms in total. The smallest absolute Gasteiger partial charge is 0.160 e. The SMILES string of the molecule is c1ccc(-c2nc(-c3ccc4ccccc4c3)nc3c2sc2ccccc23)cc1.c1ccc(-c2nc(-c3cccc(-c4ccc5ccccc5c4)c3)nc3c2sc2ccccc23)cc1.c1ccc(-c2nc(-c3cccc(-c4cccc(-c5ccc6ccccc6c5)c4)c3)nc3c2sc2ccccc23)cc1.c1ccc(-c2nc(-c3cccc(-c4cccc5ccccc45)c3)nc3c2sc2ccccc23)cc1. The van der Waals surface area contributed by atoms with Gasteiger partial charge in [0.2, 0.25) is 0 Å². The van der Waals surface area contributed by atoms with E-state index in [-0.39, 0.29) is 0 Å². The highest BCUT2D eigenvalue weighted by Crippen LogP contribution is 2.47. The number of hydrogen-bond acceptors (Lipinski definition) is 12. The van der Waals surface area contributed by atoms with Crippen molar-refractivity contribution in [3.8, 4) is 135 Å². The third-order valence-corrected chi connectivity index (χ3v) is 30.6. The van der Waals surface area contributed by atoms with Gasteiger partial charge in [-0.3, -0.25) is 0 Å². The van der Waals surface area contributed by atoms with Crippen LogP contribution in [-0.4, -0.2) is 39.9 Å². The van der Waals surface area contributed by atoms with Crippen molar-refractivity contribution in [2.45, 2.75) is 0 Å². The first kappa shape index (κ1) is 84.4. The molecule has 0 saturated carbocycles. The van der Waals surface area contributed by atoms with E-state index in [0.717, 1.165) is 143 Å². The topological polar surface area (TPSA) is 103 Å². The van der Waals surface area contributed by atoms with Crippen LogP contribution in [0.25, 0.3) is 259 Å². The second-order valence-electron chi connectivity index (χ2n) is 34.7. The van der Waals surface area contributed by atoms with E-state index in [2.05, 4.69) is 461 Å². The van der Waals surface area contributed by atoms with Crippen LogP contribution in [0.5, 0.6) is 0 Å². The molecule has 0 aliphatic heterocycles. The normalized spacial score (nSPS) is 11.4. The summed E-state index contributed by atoms with van der Waals surface area (Å²) in [6, 6.07) is 170. The molecule has 0 bridgehead atoms. The fourth-order valence-corrected chi connectivity index (χ4v) is 23.6. The second-order valence-corrected chi connectivity index (χ2v) is 38.9. The van der Waals surface area contributed by atoms with Crippen LogP contribution in [0.3, 0.4) is 0 Å². The summed E-state index contributed by atoms with van der Waals surface area (Å²) in [7, 11) is 0. The maximum absolute atomic E-state index is 5.16. The lowest BCUT2D eigenvalue weighted by atomic mass is 9.96. The average molecular weight is 1860 g/mol. The van der Waals surface area contributed by atoms with Crippen molar-refractivity contribution in [3.05, 3.63) is 485 Å². The molecule has 0 amide bonds. The molecule has 0 atom stereocenters. The molecule has 28 rings (SSSR count). The van der Waals surface area contributed by atoms with Gasteiger partial charge in [-0.2, -0.15) is 0 Å². The lowest BCUT2D eigenvalue weighted by Gasteiger charge is -2.10. The fourth-order valence-electron chi connectivity index (χ4n) is 19.0. The first-order chi connectivity index (χ1) is 69.3. The monoisotopic (exact) mass is 1860 g/mol. The number of benzene rings is 20. The van der Waals surface area contributed by atoms with Gasteiger partial charge >= 0.3 is 0 Å². The van der Waals surface area contributed by atoms with E-state index in [1.807, 2.05) is 24.3 Å². The predicted octanol–water partition coefficient (Wildman–Crippen LogP) is 36.0. The number of nitrogens with zero attached hydrogens (tertiary/aromatic N) is 8. The molecule has 8 heterocycles. The van der Waals surface area contributed by atoms with Crippen molar-refractivity contribution in [2.75, 3.05) is 0 Å². The van der Waals surface area contributed by atoms with Crippen LogP contribution in [0, 0.1) is 0 Å². The van der Waals surface area contributed by atoms with Crippen LogP contribution in [0.15, 0.2) is 485 Å². The minimum Gasteiger partial charge on any atom is -0.226 e. The minimum absolute atomic E-state index is 0.743. The first-order valence-corrected chi connectivity index (χ1v) is 50.0. The van der Waals surface area contributed by atoms with Crippen LogP contribution >= 0.6 is 45.3 Å². The van der Waals surface area contributed by atoms with Crippen molar-refractivity contribution >= 4 is 170 Å². The summed E-state index contributed by atoms with van der Waals surface area (Å²) in [5.74, 6) is 3.02. The third kappa shape index (κ3) is 16.5. The maximum atomic E-state index is 5.16. The molecule has 656 valence electrons. The molecule has 0 saturated heterocycles. The van der Waals surface area contributed by atoms with Crippen LogP contribution in [0.4, 0.5) is 0 Å². The number of aromatic nitrogens is 8. The van der Waals surface area contributed by atoms with Gasteiger partial charge in [-0.1, -0.05) is 419 Å². The van der Waals surface area contributed by atoms with Gasteiger partial charge in [-0.25, -0.2) is 39.9 Å². The summed E-state index contributed by atoms with van der Waals surface area (Å²) >= 11 is 7.05. The molecule has 0 aliphatic carbocycles. The van der Waals surface area contributed by atoms with Gasteiger partial charge < -0.3 is 0 Å². The molecule has 0 radical (unpaired) electrons. The van der Waals surface area contributed by atoms with E-state index in [1.54, 1.807) is 45.3 Å². The Labute approximate surface area is 823 Å². The van der Waals surface area contributed by atoms with Gasteiger partial charge in [-0.05, 0) is 154 Å². The quantitative estimate of drug-likeness (QED) is 0.119. The Morgan fingerprint density at radius 3 is 0.679 bits per heavy atom. The molecule has 0 spiro atoms. The first-order valence-electron chi connectivity index (χ1n) is 46.7. The summed E-state index contributed by atoms with van der Waals surface area (Å²) in [6.45, 7) is 0. The highest BCUT2D eigenvalue weighted by Gasteiger charge is 2.24. The van der Waals surface area contributed by atoms with Crippen molar-refractivity contribution < 1.29 is 0 Å². The Bertz CT molecular complexity index is 9600. The number of hydrogen-bond donors (Lipinski definition) is 0. The van der Waals surface area contributed by atoms with Crippen molar-refractivity contribution in [2.24, 2.45) is 0 Å². The highest BCUT2D eigenvalue weighted by molar-refractivity contribution is 7.27. The van der Waals surface area contributed by atoms with Crippen LogP contribution < -0.4 is 0 Å². The summed E-state index contributed by atoms with van der Waals surface area (Å²) in [6.07, 6.45) is 0. The van der Waals surface area contributed by atoms with E-state index in [9.17, 15) is 0 Å². The zero-order valence-corrected chi connectivity index (χ0v) is 78.7. The lowest BCUT2D eigenvalue weighted by molar-refractivity contribution is 1.24. The average Bonchev–Trinajstić information content (AvgIpc) is 1.62. The molecular weight excluding hydrogens is 1780 g/mol. The van der Waals surface area contributed by atoms with Crippen molar-refractivity contribution in [3.63, 3.8) is 0 Å². The Morgan fingerprint density at radius 2 is 0.343 bits per heavy atom. The van der Waals surface area contributed by atoms with E-state index < -0.39 is 0 Å². The molecular formula is C128H80N8S4. The molecule has 0 N–H and O–H groups in total. The van der Waals surface area contributed by atoms with Crippen LogP contribution in [-0.2, 0) is 0 Å². The molecule has 0 unspecified atom stereocenters. The summed E-state index contributed by atoms with van der Waals surface area (Å²) in [5.41, 5.74) is 26.0. The van der Waals surface area contributed by atoms with Gasteiger partial charge in [0.15, 0.2) is 23.3 Å². The maximum Gasteiger partial charge on any atom is 0.160 e. The molecule has 28 aromatic rings. The Balaban J connectivity index is 0.0000000992. The number of rotatable bonds is 12. The second kappa shape index (κ2) is 37.0. The molecule has 140 heavy (non-hydrogen) atoms. The Kier molecular flexibility index (Phi) is 22.3. The molecule has 12 heteroatoms. The van der Waals surface area contributed by atoms with Gasteiger partial charge in [0, 0.05) is 84.9 Å². The number of thiophene rings is 4. The third-order valence-electron chi connectivity index (χ3n) is 25.9. The van der Waals surface area contributed by atoms with Gasteiger partial charge in [-0.15, -0.1) is 45.3 Å². The summed E-state index contributed by atoms with van der Waals surface area (Å²) in [5, 5.41) is 14.6. The Morgan fingerprint density at radius 1 is 0.129 bits per heavy atom. The van der Waals surface area contributed by atoms with E-state index >= 15 is 0 Å². The van der Waals surface area contributed by atoms with Crippen molar-refractivity contribution in [1.82, 2.24) is 39.9 Å². The predicted molar refractivity (Wildman–Crippen MR) is 595 cm³/mol. The van der Waals surface area contributed by atoms with Gasteiger partial charge in [0.1, 0.15) is 0 Å². The minimum atomic E-state index is 0.743. The lowest BCUT2D eigenvalue weighted by Crippen LogP contribution is -1.94. The summed E-state index contributed by atoms with van der Waals surface area (Å²) in [4.78, 5) is 40.9. The van der Waals surface area contributed by atoms with E-state index in [4.69, 9.17) is 39.9 Å². The van der Waals surface area contributed by atoms with E-state index in [0.29, 0.717) is 0 Å². The fraction of sp³-hybridized carbons (Fsp3) is 0. The largest absolute Gasteiger partial charge is 0.226 e. The van der Waals surface area contributed by atoms with Crippen LogP contribution in [0.2, 0.25) is 0 Å².